The summed E-state index contributed by atoms with van der Waals surface area (Å²) in [5.74, 6) is 0. The van der Waals surface area contributed by atoms with Crippen LogP contribution in [-0.4, -0.2) is 17.3 Å². The van der Waals surface area contributed by atoms with E-state index in [9.17, 15) is 5.11 Å². The summed E-state index contributed by atoms with van der Waals surface area (Å²) in [6, 6.07) is 0.371. The van der Waals surface area contributed by atoms with Crippen LogP contribution in [0.2, 0.25) is 0 Å². The Morgan fingerprint density at radius 3 is 2.85 bits per heavy atom. The van der Waals surface area contributed by atoms with E-state index in [-0.39, 0.29) is 6.10 Å². The molecule has 2 nitrogen and oxygen atoms in total. The number of hydrogen-bond donors (Lipinski definition) is 2. The van der Waals surface area contributed by atoms with Gasteiger partial charge in [-0.3, -0.25) is 0 Å². The first kappa shape index (κ1) is 10.7. The lowest BCUT2D eigenvalue weighted by Crippen LogP contribution is -2.24. The van der Waals surface area contributed by atoms with Crippen LogP contribution in [0.5, 0.6) is 0 Å². The van der Waals surface area contributed by atoms with Crippen molar-refractivity contribution < 1.29 is 5.11 Å². The average molecular weight is 183 g/mol. The Morgan fingerprint density at radius 1 is 1.62 bits per heavy atom. The fourth-order valence-corrected chi connectivity index (χ4v) is 1.93. The van der Waals surface area contributed by atoms with E-state index in [1.807, 2.05) is 6.92 Å². The molecule has 0 aliphatic heterocycles. The molecule has 1 aliphatic carbocycles. The lowest BCUT2D eigenvalue weighted by molar-refractivity contribution is 0.184. The predicted octanol–water partition coefficient (Wildman–Crippen LogP) is 1.98. The van der Waals surface area contributed by atoms with Gasteiger partial charge in [-0.1, -0.05) is 11.1 Å². The summed E-state index contributed by atoms with van der Waals surface area (Å²) in [6.45, 7) is 4.03. The van der Waals surface area contributed by atoms with Gasteiger partial charge in [0, 0.05) is 6.04 Å². The standard InChI is InChI=1S/C11H21NO/c1-8-7-11(12)6-5-10(8)4-3-9(2)13/h9,11,13H,3-7,12H2,1-2H3/t9-,11?/m1/s1. The lowest BCUT2D eigenvalue weighted by atomic mass is 9.87. The number of nitrogens with two attached hydrogens (primary N) is 1. The number of aliphatic hydroxyl groups is 1. The van der Waals surface area contributed by atoms with Gasteiger partial charge in [0.1, 0.15) is 0 Å². The molecule has 0 fully saturated rings. The van der Waals surface area contributed by atoms with Gasteiger partial charge in [-0.05, 0) is 46.0 Å². The van der Waals surface area contributed by atoms with Crippen molar-refractivity contribution in [1.29, 1.82) is 0 Å². The summed E-state index contributed by atoms with van der Waals surface area (Å²) in [5.41, 5.74) is 8.85. The predicted molar refractivity (Wildman–Crippen MR) is 55.4 cm³/mol. The Balaban J connectivity index is 2.44. The molecule has 13 heavy (non-hydrogen) atoms. The molecule has 2 atom stereocenters. The second-order valence-corrected chi connectivity index (χ2v) is 4.27. The first-order valence-electron chi connectivity index (χ1n) is 5.20. The van der Waals surface area contributed by atoms with Gasteiger partial charge in [-0.2, -0.15) is 0 Å². The number of rotatable bonds is 3. The van der Waals surface area contributed by atoms with E-state index in [1.165, 1.54) is 11.1 Å². The van der Waals surface area contributed by atoms with E-state index in [2.05, 4.69) is 6.92 Å². The SMILES string of the molecule is CC1=C(CC[C@@H](C)O)CCC(N)C1. The zero-order chi connectivity index (χ0) is 9.84. The highest BCUT2D eigenvalue weighted by Gasteiger charge is 2.15. The van der Waals surface area contributed by atoms with Gasteiger partial charge in [-0.25, -0.2) is 0 Å². The average Bonchev–Trinajstić information content (AvgIpc) is 2.02. The van der Waals surface area contributed by atoms with E-state index in [0.717, 1.165) is 32.1 Å². The van der Waals surface area contributed by atoms with Gasteiger partial charge in [-0.15, -0.1) is 0 Å². The van der Waals surface area contributed by atoms with Gasteiger partial charge < -0.3 is 10.8 Å². The fourth-order valence-electron chi connectivity index (χ4n) is 1.93. The summed E-state index contributed by atoms with van der Waals surface area (Å²) < 4.78 is 0. The second kappa shape index (κ2) is 4.77. The normalized spacial score (nSPS) is 26.3. The van der Waals surface area contributed by atoms with Crippen LogP contribution in [0, 0.1) is 0 Å². The summed E-state index contributed by atoms with van der Waals surface area (Å²) in [4.78, 5) is 0. The first-order chi connectivity index (χ1) is 6.09. The molecule has 0 saturated heterocycles. The van der Waals surface area contributed by atoms with E-state index >= 15 is 0 Å². The van der Waals surface area contributed by atoms with Crippen LogP contribution in [0.15, 0.2) is 11.1 Å². The maximum Gasteiger partial charge on any atom is 0.0515 e. The minimum Gasteiger partial charge on any atom is -0.393 e. The van der Waals surface area contributed by atoms with Crippen LogP contribution >= 0.6 is 0 Å². The Bertz CT molecular complexity index is 196. The van der Waals surface area contributed by atoms with Crippen molar-refractivity contribution in [3.05, 3.63) is 11.1 Å². The topological polar surface area (TPSA) is 46.2 Å². The lowest BCUT2D eigenvalue weighted by Gasteiger charge is -2.23. The van der Waals surface area contributed by atoms with E-state index in [1.54, 1.807) is 0 Å². The van der Waals surface area contributed by atoms with Crippen LogP contribution in [0.3, 0.4) is 0 Å². The highest BCUT2D eigenvalue weighted by atomic mass is 16.3. The molecule has 0 heterocycles. The molecule has 1 aliphatic rings. The molecule has 0 radical (unpaired) electrons. The molecule has 0 aromatic carbocycles. The number of hydrogen-bond acceptors (Lipinski definition) is 2. The van der Waals surface area contributed by atoms with Crippen LogP contribution in [0.25, 0.3) is 0 Å². The minimum absolute atomic E-state index is 0.170. The molecule has 3 N–H and O–H groups in total. The molecule has 0 spiro atoms. The van der Waals surface area contributed by atoms with Crippen molar-refractivity contribution in [3.8, 4) is 0 Å². The van der Waals surface area contributed by atoms with Crippen molar-refractivity contribution >= 4 is 0 Å². The Morgan fingerprint density at radius 2 is 2.31 bits per heavy atom. The third-order valence-electron chi connectivity index (χ3n) is 2.85. The Hall–Kier alpha value is -0.340. The van der Waals surface area contributed by atoms with Crippen molar-refractivity contribution in [2.45, 2.75) is 58.1 Å². The molecule has 1 unspecified atom stereocenters. The fraction of sp³-hybridized carbons (Fsp3) is 0.818. The van der Waals surface area contributed by atoms with Crippen molar-refractivity contribution in [1.82, 2.24) is 0 Å². The molecular formula is C11H21NO. The minimum atomic E-state index is -0.170. The Labute approximate surface area is 80.8 Å². The van der Waals surface area contributed by atoms with Crippen LogP contribution < -0.4 is 5.73 Å². The third-order valence-corrected chi connectivity index (χ3v) is 2.85. The first-order valence-corrected chi connectivity index (χ1v) is 5.20. The third kappa shape index (κ3) is 3.49. The van der Waals surface area contributed by atoms with Gasteiger partial charge in [0.2, 0.25) is 0 Å². The molecule has 0 saturated carbocycles. The van der Waals surface area contributed by atoms with Crippen molar-refractivity contribution in [2.75, 3.05) is 0 Å². The van der Waals surface area contributed by atoms with Gasteiger partial charge >= 0.3 is 0 Å². The van der Waals surface area contributed by atoms with E-state index in [0.29, 0.717) is 6.04 Å². The smallest absolute Gasteiger partial charge is 0.0515 e. The van der Waals surface area contributed by atoms with E-state index < -0.39 is 0 Å². The molecular weight excluding hydrogens is 162 g/mol. The van der Waals surface area contributed by atoms with E-state index in [4.69, 9.17) is 5.73 Å². The quantitative estimate of drug-likeness (QED) is 0.657. The van der Waals surface area contributed by atoms with Crippen molar-refractivity contribution in [2.24, 2.45) is 5.73 Å². The second-order valence-electron chi connectivity index (χ2n) is 4.27. The van der Waals surface area contributed by atoms with Crippen LogP contribution in [-0.2, 0) is 0 Å². The maximum absolute atomic E-state index is 9.17. The number of aliphatic hydroxyl groups excluding tert-OH is 1. The highest BCUT2D eigenvalue weighted by Crippen LogP contribution is 2.27. The summed E-state index contributed by atoms with van der Waals surface area (Å²) in [5, 5.41) is 9.17. The summed E-state index contributed by atoms with van der Waals surface area (Å²) in [6.07, 6.45) is 5.08. The van der Waals surface area contributed by atoms with Crippen LogP contribution in [0.1, 0.15) is 46.0 Å². The summed E-state index contributed by atoms with van der Waals surface area (Å²) in [7, 11) is 0. The van der Waals surface area contributed by atoms with Crippen LogP contribution in [0.4, 0.5) is 0 Å². The van der Waals surface area contributed by atoms with Gasteiger partial charge in [0.05, 0.1) is 6.10 Å². The molecule has 0 aromatic rings. The van der Waals surface area contributed by atoms with Crippen molar-refractivity contribution in [3.63, 3.8) is 0 Å². The largest absolute Gasteiger partial charge is 0.393 e. The zero-order valence-corrected chi connectivity index (χ0v) is 8.71. The Kier molecular flexibility index (Phi) is 3.94. The highest BCUT2D eigenvalue weighted by molar-refractivity contribution is 5.17. The molecule has 76 valence electrons. The number of allylic oxidation sites excluding steroid dienone is 1. The maximum atomic E-state index is 9.17. The van der Waals surface area contributed by atoms with Gasteiger partial charge in [0.25, 0.3) is 0 Å². The molecule has 0 bridgehead atoms. The summed E-state index contributed by atoms with van der Waals surface area (Å²) >= 11 is 0. The molecule has 2 heteroatoms. The molecule has 1 rings (SSSR count). The monoisotopic (exact) mass is 183 g/mol. The van der Waals surface area contributed by atoms with Gasteiger partial charge in [0.15, 0.2) is 0 Å². The molecule has 0 amide bonds. The molecule has 0 aromatic heterocycles. The zero-order valence-electron chi connectivity index (χ0n) is 8.71.